The summed E-state index contributed by atoms with van der Waals surface area (Å²) in [5.74, 6) is 1.79. The molecule has 61 heavy (non-hydrogen) atoms. The Balaban J connectivity index is 1.20. The molecule has 7 aromatic carbocycles. The summed E-state index contributed by atoms with van der Waals surface area (Å²) in [6.45, 7) is 13.9. The average molecular weight is 790 g/mol. The van der Waals surface area contributed by atoms with Crippen molar-refractivity contribution in [1.29, 1.82) is 0 Å². The lowest BCUT2D eigenvalue weighted by Crippen LogP contribution is -2.22. The summed E-state index contributed by atoms with van der Waals surface area (Å²) in [4.78, 5) is 14.4. The van der Waals surface area contributed by atoms with Crippen LogP contribution in [0.5, 0.6) is 0 Å². The molecule has 1 N–H and O–H groups in total. The number of fused-ring (bicyclic) bond motifs is 7. The first-order valence-corrected chi connectivity index (χ1v) is 21.2. The predicted octanol–water partition coefficient (Wildman–Crippen LogP) is 14.7. The maximum atomic E-state index is 5.70. The summed E-state index contributed by atoms with van der Waals surface area (Å²) in [5, 5.41) is 4.81. The molecule has 0 spiro atoms. The van der Waals surface area contributed by atoms with Gasteiger partial charge in [-0.3, -0.25) is 9.13 Å². The number of nitrogens with zero attached hydrogens (tertiary/aromatic N) is 4. The van der Waals surface area contributed by atoms with Gasteiger partial charge in [0, 0.05) is 50.1 Å². The minimum Gasteiger partial charge on any atom is -0.354 e. The smallest absolute Gasteiger partial charge is 0.147 e. The molecule has 0 radical (unpaired) electrons. The molecule has 4 aromatic heterocycles. The van der Waals surface area contributed by atoms with E-state index in [1.54, 1.807) is 0 Å². The molecule has 0 aliphatic heterocycles. The van der Waals surface area contributed by atoms with Crippen molar-refractivity contribution >= 4 is 54.6 Å². The Labute approximate surface area is 356 Å². The standard InChI is InChI=1S/C56H47N5/c1-55(2,3)45-33-42-41-28-27-36(32-49(41)61(51-26-15-16-29-57-51)50(42)34-46(45)56(4,5)6)39-23-17-25-48-53(39)59-54(60(48)38-20-11-8-12-21-38)44-31-37(35-18-9-7-10-19-35)30-43-40-22-13-14-24-47(40)58-52(43)44/h7-34,58H,1-6H3. The summed E-state index contributed by atoms with van der Waals surface area (Å²) in [6.07, 6.45) is 1.89. The van der Waals surface area contributed by atoms with Crippen LogP contribution in [-0.4, -0.2) is 24.1 Å². The Bertz CT molecular complexity index is 3460. The van der Waals surface area contributed by atoms with Crippen LogP contribution in [0.3, 0.4) is 0 Å². The molecule has 0 atom stereocenters. The number of benzene rings is 7. The number of aromatic amines is 1. The van der Waals surface area contributed by atoms with Gasteiger partial charge in [-0.25, -0.2) is 9.97 Å². The highest BCUT2D eigenvalue weighted by molar-refractivity contribution is 6.14. The van der Waals surface area contributed by atoms with Crippen LogP contribution in [0.1, 0.15) is 52.7 Å². The Kier molecular flexibility index (Phi) is 8.24. The van der Waals surface area contributed by atoms with E-state index in [4.69, 9.17) is 9.97 Å². The summed E-state index contributed by atoms with van der Waals surface area (Å²) >= 11 is 0. The molecule has 0 unspecified atom stereocenters. The van der Waals surface area contributed by atoms with Gasteiger partial charge in [0.1, 0.15) is 11.6 Å². The van der Waals surface area contributed by atoms with Crippen molar-refractivity contribution in [2.45, 2.75) is 52.4 Å². The zero-order chi connectivity index (χ0) is 41.6. The maximum Gasteiger partial charge on any atom is 0.147 e. The third-order valence-corrected chi connectivity index (χ3v) is 12.4. The highest BCUT2D eigenvalue weighted by atomic mass is 15.1. The van der Waals surface area contributed by atoms with Crippen LogP contribution in [0.2, 0.25) is 0 Å². The second kappa shape index (κ2) is 13.7. The Hall–Kier alpha value is -7.24. The number of H-pyrrole nitrogens is 1. The lowest BCUT2D eigenvalue weighted by atomic mass is 9.74. The second-order valence-electron chi connectivity index (χ2n) is 18.4. The first kappa shape index (κ1) is 36.8. The molecule has 0 fully saturated rings. The zero-order valence-electron chi connectivity index (χ0n) is 35.5. The van der Waals surface area contributed by atoms with E-state index in [-0.39, 0.29) is 10.8 Å². The van der Waals surface area contributed by atoms with Gasteiger partial charge < -0.3 is 4.98 Å². The van der Waals surface area contributed by atoms with Crippen molar-refractivity contribution in [3.8, 4) is 45.1 Å². The van der Waals surface area contributed by atoms with Gasteiger partial charge in [0.15, 0.2) is 0 Å². The van der Waals surface area contributed by atoms with Crippen molar-refractivity contribution in [1.82, 2.24) is 24.1 Å². The predicted molar refractivity (Wildman–Crippen MR) is 256 cm³/mol. The lowest BCUT2D eigenvalue weighted by Gasteiger charge is -2.30. The lowest BCUT2D eigenvalue weighted by molar-refractivity contribution is 0.531. The highest BCUT2D eigenvalue weighted by Crippen LogP contribution is 2.44. The van der Waals surface area contributed by atoms with E-state index >= 15 is 0 Å². The van der Waals surface area contributed by atoms with Crippen molar-refractivity contribution in [2.75, 3.05) is 0 Å². The molecule has 296 valence electrons. The van der Waals surface area contributed by atoms with Gasteiger partial charge in [-0.15, -0.1) is 0 Å². The fraction of sp³-hybridized carbons (Fsp3) is 0.143. The van der Waals surface area contributed by atoms with Gasteiger partial charge in [-0.1, -0.05) is 139 Å². The van der Waals surface area contributed by atoms with E-state index in [9.17, 15) is 0 Å². The third-order valence-electron chi connectivity index (χ3n) is 12.4. The normalized spacial score (nSPS) is 12.4. The molecular weight excluding hydrogens is 743 g/mol. The van der Waals surface area contributed by atoms with Crippen LogP contribution in [0.25, 0.3) is 99.8 Å². The molecule has 11 aromatic rings. The molecule has 5 nitrogen and oxygen atoms in total. The number of nitrogens with one attached hydrogen (secondary N) is 1. The number of hydrogen-bond acceptors (Lipinski definition) is 2. The first-order valence-electron chi connectivity index (χ1n) is 21.2. The van der Waals surface area contributed by atoms with E-state index < -0.39 is 0 Å². The fourth-order valence-electron chi connectivity index (χ4n) is 9.48. The zero-order valence-corrected chi connectivity index (χ0v) is 35.5. The molecule has 0 aliphatic carbocycles. The number of rotatable bonds is 5. The van der Waals surface area contributed by atoms with Gasteiger partial charge in [-0.05, 0) is 105 Å². The van der Waals surface area contributed by atoms with E-state index in [0.717, 1.165) is 67.2 Å². The van der Waals surface area contributed by atoms with Gasteiger partial charge in [-0.2, -0.15) is 0 Å². The van der Waals surface area contributed by atoms with Gasteiger partial charge >= 0.3 is 0 Å². The monoisotopic (exact) mass is 789 g/mol. The van der Waals surface area contributed by atoms with Crippen LogP contribution in [0, 0.1) is 0 Å². The maximum absolute atomic E-state index is 5.70. The quantitative estimate of drug-likeness (QED) is 0.189. The molecule has 5 heteroatoms. The number of aromatic nitrogens is 5. The van der Waals surface area contributed by atoms with Crippen molar-refractivity contribution in [3.63, 3.8) is 0 Å². The third kappa shape index (κ3) is 5.98. The van der Waals surface area contributed by atoms with Crippen molar-refractivity contribution in [2.24, 2.45) is 0 Å². The minimum absolute atomic E-state index is 0.0276. The molecular formula is C56H47N5. The molecule has 0 bridgehead atoms. The Morgan fingerprint density at radius 1 is 0.459 bits per heavy atom. The van der Waals surface area contributed by atoms with E-state index in [1.165, 1.54) is 43.8 Å². The SMILES string of the molecule is CC(C)(C)c1cc2c3ccc(-c4cccc5c4nc(-c4cc(-c6ccccc6)cc6c4[nH]c4ccccc46)n5-c4ccccc4)cc3n(-c3ccccn3)c2cc1C(C)(C)C. The minimum atomic E-state index is -0.0443. The summed E-state index contributed by atoms with van der Waals surface area (Å²) in [6, 6.07) is 59.1. The van der Waals surface area contributed by atoms with Crippen LogP contribution >= 0.6 is 0 Å². The number of imidazole rings is 1. The molecule has 4 heterocycles. The summed E-state index contributed by atoms with van der Waals surface area (Å²) < 4.78 is 4.69. The van der Waals surface area contributed by atoms with Crippen molar-refractivity contribution in [3.05, 3.63) is 181 Å². The number of pyridine rings is 1. The van der Waals surface area contributed by atoms with Crippen LogP contribution in [0.4, 0.5) is 0 Å². The van der Waals surface area contributed by atoms with Gasteiger partial charge in [0.2, 0.25) is 0 Å². The Morgan fingerprint density at radius 3 is 1.92 bits per heavy atom. The fourth-order valence-corrected chi connectivity index (χ4v) is 9.48. The average Bonchev–Trinajstić information content (AvgIpc) is 3.95. The second-order valence-corrected chi connectivity index (χ2v) is 18.4. The van der Waals surface area contributed by atoms with Gasteiger partial charge in [0.25, 0.3) is 0 Å². The highest BCUT2D eigenvalue weighted by Gasteiger charge is 2.28. The Morgan fingerprint density at radius 2 is 1.16 bits per heavy atom. The van der Waals surface area contributed by atoms with Crippen LogP contribution in [0.15, 0.2) is 170 Å². The van der Waals surface area contributed by atoms with Crippen LogP contribution < -0.4 is 0 Å². The summed E-state index contributed by atoms with van der Waals surface area (Å²) in [5.41, 5.74) is 15.7. The molecule has 0 amide bonds. The van der Waals surface area contributed by atoms with E-state index in [2.05, 4.69) is 213 Å². The van der Waals surface area contributed by atoms with Crippen LogP contribution in [-0.2, 0) is 10.8 Å². The molecule has 0 saturated carbocycles. The van der Waals surface area contributed by atoms with E-state index in [0.29, 0.717) is 0 Å². The molecule has 11 rings (SSSR count). The molecule has 0 saturated heterocycles. The topological polar surface area (TPSA) is 51.4 Å². The van der Waals surface area contributed by atoms with Crippen molar-refractivity contribution < 1.29 is 0 Å². The number of para-hydroxylation sites is 3. The number of hydrogen-bond donors (Lipinski definition) is 1. The molecule has 0 aliphatic rings. The largest absolute Gasteiger partial charge is 0.354 e. The van der Waals surface area contributed by atoms with E-state index in [1.807, 2.05) is 12.3 Å². The first-order chi connectivity index (χ1) is 29.5. The summed E-state index contributed by atoms with van der Waals surface area (Å²) in [7, 11) is 0. The van der Waals surface area contributed by atoms with Gasteiger partial charge in [0.05, 0.1) is 27.6 Å².